The number of imidazole rings is 1. The summed E-state index contributed by atoms with van der Waals surface area (Å²) in [5, 5.41) is 5.47. The number of benzene rings is 1. The molecule has 1 aromatic carbocycles. The van der Waals surface area contributed by atoms with E-state index in [1.165, 1.54) is 30.9 Å². The van der Waals surface area contributed by atoms with Crippen LogP contribution < -0.4 is 0 Å². The molecule has 1 atom stereocenters. The Morgan fingerprint density at radius 1 is 1.05 bits per heavy atom. The third kappa shape index (κ3) is 3.97. The molecule has 0 spiro atoms. The van der Waals surface area contributed by atoms with Gasteiger partial charge in [0, 0.05) is 44.2 Å². The Bertz CT molecular complexity index is 1620. The number of pyridine rings is 1. The van der Waals surface area contributed by atoms with Gasteiger partial charge < -0.3 is 14.2 Å². The zero-order chi connectivity index (χ0) is 26.7. The number of carbonyl (C=O) groups is 2. The fourth-order valence-corrected chi connectivity index (χ4v) is 6.47. The van der Waals surface area contributed by atoms with Crippen LogP contribution in [0.3, 0.4) is 0 Å². The molecular formula is C30H29ClN6O2. The maximum atomic E-state index is 13.9. The Morgan fingerprint density at radius 2 is 1.87 bits per heavy atom. The zero-order valence-electron chi connectivity index (χ0n) is 21.6. The van der Waals surface area contributed by atoms with Crippen molar-refractivity contribution in [2.45, 2.75) is 44.1 Å². The first-order valence-electron chi connectivity index (χ1n) is 13.6. The van der Waals surface area contributed by atoms with E-state index in [-0.39, 0.29) is 17.9 Å². The van der Waals surface area contributed by atoms with Crippen molar-refractivity contribution >= 4 is 28.9 Å². The Labute approximate surface area is 231 Å². The van der Waals surface area contributed by atoms with Crippen LogP contribution in [-0.2, 0) is 17.6 Å². The third-order valence-corrected chi connectivity index (χ3v) is 8.89. The fourth-order valence-electron chi connectivity index (χ4n) is 6.27. The molecule has 0 bridgehead atoms. The molecule has 3 aromatic heterocycles. The van der Waals surface area contributed by atoms with Gasteiger partial charge in [0.1, 0.15) is 6.33 Å². The molecule has 2 amide bonds. The van der Waals surface area contributed by atoms with Crippen LogP contribution >= 0.6 is 11.6 Å². The minimum Gasteiger partial charge on any atom is -0.336 e. The highest BCUT2D eigenvalue weighted by molar-refractivity contribution is 6.32. The topological polar surface area (TPSA) is 75.7 Å². The molecule has 1 fully saturated rings. The molecule has 1 aliphatic carbocycles. The number of carbonyl (C=O) groups excluding carboxylic acids is 2. The minimum atomic E-state index is -0.298. The maximum absolute atomic E-state index is 13.9. The Hall–Kier alpha value is -3.91. The molecule has 0 radical (unpaired) electrons. The predicted molar refractivity (Wildman–Crippen MR) is 148 cm³/mol. The van der Waals surface area contributed by atoms with Crippen LogP contribution in [0.1, 0.15) is 64.1 Å². The van der Waals surface area contributed by atoms with E-state index in [0.717, 1.165) is 28.2 Å². The molecular weight excluding hydrogens is 512 g/mol. The van der Waals surface area contributed by atoms with Gasteiger partial charge in [-0.15, -0.1) is 0 Å². The Kier molecular flexibility index (Phi) is 5.81. The average molecular weight is 541 g/mol. The molecule has 3 aliphatic rings. The van der Waals surface area contributed by atoms with E-state index in [2.05, 4.69) is 40.5 Å². The molecule has 5 heterocycles. The van der Waals surface area contributed by atoms with Crippen molar-refractivity contribution in [1.29, 1.82) is 0 Å². The summed E-state index contributed by atoms with van der Waals surface area (Å²) in [6.45, 7) is 5.16. The third-order valence-electron chi connectivity index (χ3n) is 8.60. The molecule has 0 saturated heterocycles. The summed E-state index contributed by atoms with van der Waals surface area (Å²) in [5.74, 6) is 0.462. The van der Waals surface area contributed by atoms with Gasteiger partial charge in [-0.3, -0.25) is 9.59 Å². The molecule has 7 rings (SSSR count). The molecule has 8 nitrogen and oxygen atoms in total. The minimum absolute atomic E-state index is 0.0891. The molecule has 4 aromatic rings. The summed E-state index contributed by atoms with van der Waals surface area (Å²) in [6, 6.07) is 12.1. The van der Waals surface area contributed by atoms with Crippen LogP contribution in [-0.4, -0.2) is 60.4 Å². The summed E-state index contributed by atoms with van der Waals surface area (Å²) >= 11 is 6.16. The first-order valence-corrected chi connectivity index (χ1v) is 13.9. The number of aromatic nitrogens is 4. The van der Waals surface area contributed by atoms with Crippen molar-refractivity contribution in [1.82, 2.24) is 29.0 Å². The first kappa shape index (κ1) is 24.2. The van der Waals surface area contributed by atoms with Crippen molar-refractivity contribution in [2.75, 3.05) is 19.6 Å². The highest BCUT2D eigenvalue weighted by Gasteiger charge is 2.40. The smallest absolute Gasteiger partial charge is 0.255 e. The lowest BCUT2D eigenvalue weighted by Gasteiger charge is -2.38. The van der Waals surface area contributed by atoms with Crippen LogP contribution in [0.5, 0.6) is 0 Å². The second-order valence-corrected chi connectivity index (χ2v) is 11.0. The van der Waals surface area contributed by atoms with E-state index in [9.17, 15) is 9.59 Å². The van der Waals surface area contributed by atoms with Crippen molar-refractivity contribution in [2.24, 2.45) is 0 Å². The molecule has 1 saturated carbocycles. The molecule has 198 valence electrons. The average Bonchev–Trinajstić information content (AvgIpc) is 3.43. The van der Waals surface area contributed by atoms with Gasteiger partial charge in [-0.1, -0.05) is 36.7 Å². The predicted octanol–water partition coefficient (Wildman–Crippen LogP) is 4.75. The summed E-state index contributed by atoms with van der Waals surface area (Å²) in [7, 11) is 0. The van der Waals surface area contributed by atoms with E-state index < -0.39 is 0 Å². The van der Waals surface area contributed by atoms with Crippen molar-refractivity contribution < 1.29 is 9.59 Å². The lowest BCUT2D eigenvalue weighted by atomic mass is 9.80. The SMILES string of the molecule is C=CC(=O)N1CCc2nn(-c3ccc(C4CCC4)cc3)c3c2[C@H](C1)N(C(=O)c1ccc2c(Cl)ncn2c1)CC3. The highest BCUT2D eigenvalue weighted by atomic mass is 35.5. The quantitative estimate of drug-likeness (QED) is 0.350. The van der Waals surface area contributed by atoms with Gasteiger partial charge in [0.2, 0.25) is 5.91 Å². The van der Waals surface area contributed by atoms with Gasteiger partial charge in [0.15, 0.2) is 5.15 Å². The van der Waals surface area contributed by atoms with Crippen LogP contribution in [0.2, 0.25) is 5.15 Å². The van der Waals surface area contributed by atoms with Crippen molar-refractivity contribution in [3.05, 3.63) is 94.8 Å². The molecule has 9 heteroatoms. The Morgan fingerprint density at radius 3 is 2.62 bits per heavy atom. The number of nitrogens with zero attached hydrogens (tertiary/aromatic N) is 6. The van der Waals surface area contributed by atoms with E-state index in [4.69, 9.17) is 16.7 Å². The van der Waals surface area contributed by atoms with Gasteiger partial charge in [-0.2, -0.15) is 5.10 Å². The molecule has 2 aliphatic heterocycles. The van der Waals surface area contributed by atoms with E-state index in [0.29, 0.717) is 49.1 Å². The number of rotatable bonds is 4. The second-order valence-electron chi connectivity index (χ2n) is 10.7. The number of hydrogen-bond acceptors (Lipinski definition) is 4. The number of hydrogen-bond donors (Lipinski definition) is 0. The summed E-state index contributed by atoms with van der Waals surface area (Å²) < 4.78 is 3.83. The lowest BCUT2D eigenvalue weighted by Crippen LogP contribution is -2.45. The van der Waals surface area contributed by atoms with Crippen LogP contribution in [0.15, 0.2) is 61.6 Å². The summed E-state index contributed by atoms with van der Waals surface area (Å²) in [5.41, 5.74) is 6.89. The summed E-state index contributed by atoms with van der Waals surface area (Å²) in [6.07, 6.45) is 9.89. The monoisotopic (exact) mass is 540 g/mol. The first-order chi connectivity index (χ1) is 19.0. The van der Waals surface area contributed by atoms with Crippen LogP contribution in [0.25, 0.3) is 11.2 Å². The largest absolute Gasteiger partial charge is 0.336 e. The number of halogens is 1. The van der Waals surface area contributed by atoms with Crippen molar-refractivity contribution in [3.63, 3.8) is 0 Å². The van der Waals surface area contributed by atoms with Crippen LogP contribution in [0, 0.1) is 0 Å². The van der Waals surface area contributed by atoms with Gasteiger partial charge in [0.25, 0.3) is 5.91 Å². The van der Waals surface area contributed by atoms with Crippen molar-refractivity contribution in [3.8, 4) is 5.69 Å². The zero-order valence-corrected chi connectivity index (χ0v) is 22.3. The van der Waals surface area contributed by atoms with Gasteiger partial charge >= 0.3 is 0 Å². The van der Waals surface area contributed by atoms with Gasteiger partial charge in [-0.05, 0) is 54.7 Å². The number of fused-ring (bicyclic) bond motifs is 1. The van der Waals surface area contributed by atoms with E-state index >= 15 is 0 Å². The fraction of sp³-hybridized carbons (Fsp3) is 0.333. The van der Waals surface area contributed by atoms with Gasteiger partial charge in [-0.25, -0.2) is 9.67 Å². The van der Waals surface area contributed by atoms with Gasteiger partial charge in [0.05, 0.1) is 34.2 Å². The highest BCUT2D eigenvalue weighted by Crippen LogP contribution is 2.39. The van der Waals surface area contributed by atoms with E-state index in [1.54, 1.807) is 27.9 Å². The lowest BCUT2D eigenvalue weighted by molar-refractivity contribution is -0.126. The standard InChI is InChI=1S/C30H29ClN6O2/c1-2-27(38)34-14-12-23-28-24(37(33-23)22-9-6-20(7-10-22)19-4-3-5-19)13-15-36(26(28)17-34)30(39)21-8-11-25-29(31)32-18-35(25)16-21/h2,6-11,16,18-19,26H,1,3-5,12-15,17H2/t26-/m0/s1. The maximum Gasteiger partial charge on any atom is 0.255 e. The summed E-state index contributed by atoms with van der Waals surface area (Å²) in [4.78, 5) is 34.5. The van der Waals surface area contributed by atoms with E-state index in [1.807, 2.05) is 11.0 Å². The normalized spacial score (nSPS) is 18.9. The Balaban J connectivity index is 1.27. The molecule has 0 unspecified atom stereocenters. The molecule has 0 N–H and O–H groups in total. The second kappa shape index (κ2) is 9.38. The molecule has 39 heavy (non-hydrogen) atoms. The number of amides is 2. The van der Waals surface area contributed by atoms with Crippen LogP contribution in [0.4, 0.5) is 0 Å².